The Kier molecular flexibility index (Phi) is 2.06. The third-order valence-corrected chi connectivity index (χ3v) is 1.96. The predicted molar refractivity (Wildman–Crippen MR) is 41.3 cm³/mol. The number of aliphatic hydroxyl groups is 1. The number of hydrogen-bond donors (Lipinski definition) is 3. The normalized spacial score (nSPS) is 23.8. The highest BCUT2D eigenvalue weighted by molar-refractivity contribution is 6.04. The minimum Gasteiger partial charge on any atom is -0.396 e. The maximum absolute atomic E-state index is 11.1. The van der Waals surface area contributed by atoms with E-state index in [9.17, 15) is 9.59 Å². The van der Waals surface area contributed by atoms with Gasteiger partial charge in [-0.1, -0.05) is 13.8 Å². The second-order valence-corrected chi connectivity index (χ2v) is 3.54. The van der Waals surface area contributed by atoms with Crippen LogP contribution in [0.1, 0.15) is 13.8 Å². The first-order valence-electron chi connectivity index (χ1n) is 3.69. The number of urea groups is 1. The molecular formula is C7H12N2O3. The largest absolute Gasteiger partial charge is 0.396 e. The molecule has 1 unspecified atom stereocenters. The lowest BCUT2D eigenvalue weighted by Crippen LogP contribution is -2.45. The first-order chi connectivity index (χ1) is 5.47. The topological polar surface area (TPSA) is 78.4 Å². The maximum atomic E-state index is 11.1. The fraction of sp³-hybridized carbons (Fsp3) is 0.714. The van der Waals surface area contributed by atoms with E-state index in [2.05, 4.69) is 10.6 Å². The van der Waals surface area contributed by atoms with Gasteiger partial charge in [0.15, 0.2) is 0 Å². The van der Waals surface area contributed by atoms with Gasteiger partial charge in [0.1, 0.15) is 6.04 Å². The van der Waals surface area contributed by atoms with Crippen molar-refractivity contribution in [2.24, 2.45) is 5.41 Å². The number of imide groups is 1. The summed E-state index contributed by atoms with van der Waals surface area (Å²) in [6, 6.07) is -1.12. The molecule has 12 heavy (non-hydrogen) atoms. The van der Waals surface area contributed by atoms with Crippen molar-refractivity contribution in [3.05, 3.63) is 0 Å². The summed E-state index contributed by atoms with van der Waals surface area (Å²) in [6.45, 7) is 3.27. The van der Waals surface area contributed by atoms with Crippen LogP contribution >= 0.6 is 0 Å². The number of amides is 3. The zero-order valence-corrected chi connectivity index (χ0v) is 7.05. The summed E-state index contributed by atoms with van der Waals surface area (Å²) < 4.78 is 0. The summed E-state index contributed by atoms with van der Waals surface area (Å²) in [5.74, 6) is -0.376. The number of carbonyl (C=O) groups is 2. The van der Waals surface area contributed by atoms with Crippen LogP contribution in [-0.4, -0.2) is 29.7 Å². The molecule has 3 N–H and O–H groups in total. The van der Waals surface area contributed by atoms with E-state index < -0.39 is 17.5 Å². The molecule has 0 saturated carbocycles. The number of hydrogen-bond acceptors (Lipinski definition) is 3. The molecular weight excluding hydrogens is 160 g/mol. The van der Waals surface area contributed by atoms with Crippen molar-refractivity contribution in [1.29, 1.82) is 0 Å². The van der Waals surface area contributed by atoms with Gasteiger partial charge in [0.2, 0.25) is 0 Å². The Morgan fingerprint density at radius 2 is 2.08 bits per heavy atom. The average Bonchev–Trinajstić information content (AvgIpc) is 2.31. The van der Waals surface area contributed by atoms with Crippen LogP contribution in [0, 0.1) is 5.41 Å². The SMILES string of the molecule is CC(C)(CO)C1NC(=O)NC1=O. The molecule has 1 fully saturated rings. The molecule has 0 aromatic carbocycles. The van der Waals surface area contributed by atoms with E-state index >= 15 is 0 Å². The van der Waals surface area contributed by atoms with E-state index in [-0.39, 0.29) is 12.5 Å². The Labute approximate surface area is 70.1 Å². The second-order valence-electron chi connectivity index (χ2n) is 3.54. The van der Waals surface area contributed by atoms with Gasteiger partial charge in [0.25, 0.3) is 5.91 Å². The van der Waals surface area contributed by atoms with Crippen molar-refractivity contribution in [1.82, 2.24) is 10.6 Å². The third-order valence-electron chi connectivity index (χ3n) is 1.96. The first kappa shape index (κ1) is 8.99. The smallest absolute Gasteiger partial charge is 0.322 e. The highest BCUT2D eigenvalue weighted by Crippen LogP contribution is 2.21. The second kappa shape index (κ2) is 2.75. The Hall–Kier alpha value is -1.10. The van der Waals surface area contributed by atoms with Crippen molar-refractivity contribution in [2.75, 3.05) is 6.61 Å². The van der Waals surface area contributed by atoms with Crippen molar-refractivity contribution in [3.8, 4) is 0 Å². The van der Waals surface area contributed by atoms with E-state index in [1.807, 2.05) is 0 Å². The van der Waals surface area contributed by atoms with Crippen LogP contribution in [0.15, 0.2) is 0 Å². The molecule has 1 aliphatic rings. The van der Waals surface area contributed by atoms with Gasteiger partial charge in [-0.25, -0.2) is 4.79 Å². The standard InChI is InChI=1S/C7H12N2O3/c1-7(2,3-10)4-5(11)9-6(12)8-4/h4,10H,3H2,1-2H3,(H2,8,9,11,12). The molecule has 1 saturated heterocycles. The summed E-state index contributed by atoms with van der Waals surface area (Å²) in [4.78, 5) is 21.8. The van der Waals surface area contributed by atoms with Gasteiger partial charge in [-0.2, -0.15) is 0 Å². The lowest BCUT2D eigenvalue weighted by molar-refractivity contribution is -0.123. The Morgan fingerprint density at radius 1 is 1.50 bits per heavy atom. The highest BCUT2D eigenvalue weighted by Gasteiger charge is 2.40. The fourth-order valence-electron chi connectivity index (χ4n) is 1.06. The van der Waals surface area contributed by atoms with Gasteiger partial charge in [-0.3, -0.25) is 10.1 Å². The molecule has 3 amide bonds. The Morgan fingerprint density at radius 3 is 2.42 bits per heavy atom. The summed E-state index contributed by atoms with van der Waals surface area (Å²) >= 11 is 0. The summed E-state index contributed by atoms with van der Waals surface area (Å²) in [6.07, 6.45) is 0. The lowest BCUT2D eigenvalue weighted by atomic mass is 9.85. The summed E-state index contributed by atoms with van der Waals surface area (Å²) in [7, 11) is 0. The summed E-state index contributed by atoms with van der Waals surface area (Å²) in [5, 5.41) is 13.5. The molecule has 0 aliphatic carbocycles. The quantitative estimate of drug-likeness (QED) is 0.478. The van der Waals surface area contributed by atoms with E-state index in [0.29, 0.717) is 0 Å². The fourth-order valence-corrected chi connectivity index (χ4v) is 1.06. The molecule has 0 bridgehead atoms. The van der Waals surface area contributed by atoms with Gasteiger partial charge in [-0.05, 0) is 0 Å². The van der Waals surface area contributed by atoms with E-state index in [4.69, 9.17) is 5.11 Å². The van der Waals surface area contributed by atoms with Crippen molar-refractivity contribution in [2.45, 2.75) is 19.9 Å². The first-order valence-corrected chi connectivity index (χ1v) is 3.69. The zero-order valence-electron chi connectivity index (χ0n) is 7.05. The van der Waals surface area contributed by atoms with Crippen molar-refractivity contribution >= 4 is 11.9 Å². The van der Waals surface area contributed by atoms with Gasteiger partial charge in [0, 0.05) is 5.41 Å². The van der Waals surface area contributed by atoms with E-state index in [0.717, 1.165) is 0 Å². The van der Waals surface area contributed by atoms with Gasteiger partial charge >= 0.3 is 6.03 Å². The van der Waals surface area contributed by atoms with Crippen LogP contribution < -0.4 is 10.6 Å². The number of carbonyl (C=O) groups excluding carboxylic acids is 2. The molecule has 0 aromatic heterocycles. The zero-order chi connectivity index (χ0) is 9.35. The molecule has 0 aromatic rings. The molecule has 1 aliphatic heterocycles. The van der Waals surface area contributed by atoms with Crippen molar-refractivity contribution < 1.29 is 14.7 Å². The molecule has 5 heteroatoms. The van der Waals surface area contributed by atoms with Crippen molar-refractivity contribution in [3.63, 3.8) is 0 Å². The molecule has 1 rings (SSSR count). The van der Waals surface area contributed by atoms with E-state index in [1.54, 1.807) is 13.8 Å². The van der Waals surface area contributed by atoms with Crippen LogP contribution in [0.2, 0.25) is 0 Å². The third kappa shape index (κ3) is 1.40. The van der Waals surface area contributed by atoms with Crippen LogP contribution in [0.4, 0.5) is 4.79 Å². The lowest BCUT2D eigenvalue weighted by Gasteiger charge is -2.26. The summed E-state index contributed by atoms with van der Waals surface area (Å²) in [5.41, 5.74) is -0.615. The van der Waals surface area contributed by atoms with Crippen LogP contribution in [0.3, 0.4) is 0 Å². The van der Waals surface area contributed by atoms with Gasteiger partial charge in [0.05, 0.1) is 6.61 Å². The number of rotatable bonds is 2. The monoisotopic (exact) mass is 172 g/mol. The number of nitrogens with one attached hydrogen (secondary N) is 2. The molecule has 0 radical (unpaired) electrons. The van der Waals surface area contributed by atoms with E-state index in [1.165, 1.54) is 0 Å². The molecule has 5 nitrogen and oxygen atoms in total. The van der Waals surface area contributed by atoms with Gasteiger partial charge in [-0.15, -0.1) is 0 Å². The van der Waals surface area contributed by atoms with Crippen LogP contribution in [-0.2, 0) is 4.79 Å². The molecule has 68 valence electrons. The molecule has 0 spiro atoms. The Bertz CT molecular complexity index is 225. The van der Waals surface area contributed by atoms with Crippen LogP contribution in [0.25, 0.3) is 0 Å². The minimum atomic E-state index is -0.630. The Balaban J connectivity index is 2.76. The molecule has 1 heterocycles. The minimum absolute atomic E-state index is 0.147. The maximum Gasteiger partial charge on any atom is 0.322 e. The molecule has 1 atom stereocenters. The highest BCUT2D eigenvalue weighted by atomic mass is 16.3. The van der Waals surface area contributed by atoms with Gasteiger partial charge < -0.3 is 10.4 Å². The average molecular weight is 172 g/mol. The predicted octanol–water partition coefficient (Wildman–Crippen LogP) is -0.787. The van der Waals surface area contributed by atoms with Crippen LogP contribution in [0.5, 0.6) is 0 Å². The number of aliphatic hydroxyl groups excluding tert-OH is 1.